The molecule has 4 nitrogen and oxygen atoms in total. The Balaban J connectivity index is 3.33. The molecule has 0 N–H and O–H groups in total. The van der Waals surface area contributed by atoms with Crippen molar-refractivity contribution in [2.24, 2.45) is 0 Å². The Kier molecular flexibility index (Phi) is 2.37. The fourth-order valence-electron chi connectivity index (χ4n) is 0.727. The van der Waals surface area contributed by atoms with E-state index in [0.717, 1.165) is 6.07 Å². The summed E-state index contributed by atoms with van der Waals surface area (Å²) in [7, 11) is 0. The first kappa shape index (κ1) is 9.05. The number of aromatic nitrogens is 1. The number of rotatable bonds is 1. The highest BCUT2D eigenvalue weighted by atomic mass is 79.9. The molecule has 0 aliphatic rings. The lowest BCUT2D eigenvalue weighted by molar-refractivity contribution is -0.385. The van der Waals surface area contributed by atoms with Gasteiger partial charge in [0.2, 0.25) is 5.95 Å². The molecule has 0 atom stereocenters. The van der Waals surface area contributed by atoms with Gasteiger partial charge in [0, 0.05) is 6.07 Å². The van der Waals surface area contributed by atoms with Crippen LogP contribution in [0.4, 0.5) is 10.1 Å². The number of pyridine rings is 1. The van der Waals surface area contributed by atoms with Gasteiger partial charge in [-0.1, -0.05) is 0 Å². The van der Waals surface area contributed by atoms with E-state index in [1.807, 2.05) is 0 Å². The SMILES string of the molecule is Cc1nc(F)c(Br)cc1[N+](=O)[O-]. The topological polar surface area (TPSA) is 56.0 Å². The standard InChI is InChI=1S/C6H4BrFN2O2/c1-3-5(10(11)12)2-4(7)6(8)9-3/h2H,1H3. The van der Waals surface area contributed by atoms with Crippen LogP contribution in [0.3, 0.4) is 0 Å². The monoisotopic (exact) mass is 234 g/mol. The predicted octanol–water partition coefficient (Wildman–Crippen LogP) is 2.20. The van der Waals surface area contributed by atoms with Crippen LogP contribution < -0.4 is 0 Å². The first-order valence-electron chi connectivity index (χ1n) is 2.99. The maximum Gasteiger partial charge on any atom is 0.291 e. The van der Waals surface area contributed by atoms with Crippen LogP contribution in [-0.4, -0.2) is 9.91 Å². The predicted molar refractivity (Wildman–Crippen MR) is 43.3 cm³/mol. The van der Waals surface area contributed by atoms with Crippen LogP contribution >= 0.6 is 15.9 Å². The Labute approximate surface area is 75.7 Å². The average Bonchev–Trinajstić information content (AvgIpc) is 1.96. The van der Waals surface area contributed by atoms with E-state index in [4.69, 9.17) is 0 Å². The molecule has 0 radical (unpaired) electrons. The fraction of sp³-hybridized carbons (Fsp3) is 0.167. The maximum atomic E-state index is 12.6. The molecule has 0 amide bonds. The van der Waals surface area contributed by atoms with Crippen molar-refractivity contribution < 1.29 is 9.31 Å². The number of hydrogen-bond acceptors (Lipinski definition) is 3. The molecular formula is C6H4BrFN2O2. The maximum absolute atomic E-state index is 12.6. The molecule has 1 heterocycles. The molecule has 6 heteroatoms. The van der Waals surface area contributed by atoms with E-state index in [0.29, 0.717) is 0 Å². The Hall–Kier alpha value is -1.04. The second-order valence-electron chi connectivity index (χ2n) is 2.12. The van der Waals surface area contributed by atoms with Crippen molar-refractivity contribution in [3.05, 3.63) is 32.3 Å². The van der Waals surface area contributed by atoms with Crippen molar-refractivity contribution in [1.29, 1.82) is 0 Å². The normalized spacial score (nSPS) is 9.92. The third-order valence-corrected chi connectivity index (χ3v) is 1.85. The number of nitrogens with zero attached hydrogens (tertiary/aromatic N) is 2. The minimum atomic E-state index is -0.738. The summed E-state index contributed by atoms with van der Waals surface area (Å²) in [5.74, 6) is -0.738. The third-order valence-electron chi connectivity index (χ3n) is 1.29. The lowest BCUT2D eigenvalue weighted by atomic mass is 10.3. The van der Waals surface area contributed by atoms with Crippen molar-refractivity contribution >= 4 is 21.6 Å². The molecule has 0 unspecified atom stereocenters. The summed E-state index contributed by atoms with van der Waals surface area (Å²) in [5.41, 5.74) is -0.121. The van der Waals surface area contributed by atoms with Gasteiger partial charge in [-0.05, 0) is 22.9 Å². The van der Waals surface area contributed by atoms with E-state index in [-0.39, 0.29) is 15.9 Å². The Morgan fingerprint density at radius 1 is 1.75 bits per heavy atom. The number of nitro groups is 1. The lowest BCUT2D eigenvalue weighted by Crippen LogP contribution is -1.96. The molecule has 1 aromatic rings. The Morgan fingerprint density at radius 3 is 2.83 bits per heavy atom. The summed E-state index contributed by atoms with van der Waals surface area (Å²) in [4.78, 5) is 13.0. The molecular weight excluding hydrogens is 231 g/mol. The minimum absolute atomic E-state index is 0.000185. The third kappa shape index (κ3) is 1.58. The highest BCUT2D eigenvalue weighted by Gasteiger charge is 2.15. The smallest absolute Gasteiger partial charge is 0.258 e. The largest absolute Gasteiger partial charge is 0.291 e. The molecule has 0 fully saturated rings. The summed E-state index contributed by atoms with van der Waals surface area (Å²) >= 11 is 2.81. The first-order valence-corrected chi connectivity index (χ1v) is 3.78. The van der Waals surface area contributed by atoms with E-state index in [1.165, 1.54) is 6.92 Å². The zero-order chi connectivity index (χ0) is 9.30. The average molecular weight is 235 g/mol. The highest BCUT2D eigenvalue weighted by molar-refractivity contribution is 9.10. The Morgan fingerprint density at radius 2 is 2.33 bits per heavy atom. The molecule has 1 rings (SSSR count). The zero-order valence-electron chi connectivity index (χ0n) is 6.04. The number of hydrogen-bond donors (Lipinski definition) is 0. The van der Waals surface area contributed by atoms with E-state index in [9.17, 15) is 14.5 Å². The van der Waals surface area contributed by atoms with Crippen LogP contribution in [0.1, 0.15) is 5.69 Å². The second kappa shape index (κ2) is 3.14. The van der Waals surface area contributed by atoms with Crippen molar-refractivity contribution in [3.8, 4) is 0 Å². The van der Waals surface area contributed by atoms with Gasteiger partial charge in [0.25, 0.3) is 5.69 Å². The summed E-state index contributed by atoms with van der Waals surface area (Å²) in [6.45, 7) is 1.38. The summed E-state index contributed by atoms with van der Waals surface area (Å²) in [5, 5.41) is 10.3. The summed E-state index contributed by atoms with van der Waals surface area (Å²) in [6.07, 6.45) is 0. The van der Waals surface area contributed by atoms with Crippen LogP contribution in [0, 0.1) is 23.0 Å². The zero-order valence-corrected chi connectivity index (χ0v) is 7.63. The van der Waals surface area contributed by atoms with Gasteiger partial charge >= 0.3 is 0 Å². The van der Waals surface area contributed by atoms with Gasteiger partial charge in [-0.3, -0.25) is 10.1 Å². The Bertz CT molecular complexity index is 343. The van der Waals surface area contributed by atoms with Crippen molar-refractivity contribution in [2.75, 3.05) is 0 Å². The fourth-order valence-corrected chi connectivity index (χ4v) is 1.03. The van der Waals surface area contributed by atoms with Gasteiger partial charge in [-0.25, -0.2) is 4.98 Å². The highest BCUT2D eigenvalue weighted by Crippen LogP contribution is 2.22. The molecule has 0 bridgehead atoms. The van der Waals surface area contributed by atoms with Gasteiger partial charge < -0.3 is 0 Å². The number of halogens is 2. The van der Waals surface area contributed by atoms with Crippen LogP contribution in [-0.2, 0) is 0 Å². The van der Waals surface area contributed by atoms with Crippen molar-refractivity contribution in [1.82, 2.24) is 4.98 Å². The van der Waals surface area contributed by atoms with Gasteiger partial charge in [0.15, 0.2) is 0 Å². The summed E-state index contributed by atoms with van der Waals surface area (Å²) < 4.78 is 12.6. The van der Waals surface area contributed by atoms with Gasteiger partial charge in [-0.2, -0.15) is 4.39 Å². The molecule has 0 spiro atoms. The van der Waals surface area contributed by atoms with Crippen LogP contribution in [0.15, 0.2) is 10.5 Å². The van der Waals surface area contributed by atoms with Crippen molar-refractivity contribution in [3.63, 3.8) is 0 Å². The quantitative estimate of drug-likeness (QED) is 0.426. The second-order valence-corrected chi connectivity index (χ2v) is 2.98. The van der Waals surface area contributed by atoms with Crippen molar-refractivity contribution in [2.45, 2.75) is 6.92 Å². The van der Waals surface area contributed by atoms with E-state index < -0.39 is 10.9 Å². The van der Waals surface area contributed by atoms with Crippen LogP contribution in [0.25, 0.3) is 0 Å². The molecule has 0 aliphatic heterocycles. The molecule has 0 saturated carbocycles. The molecule has 0 aliphatic carbocycles. The number of aryl methyl sites for hydroxylation is 1. The molecule has 1 aromatic heterocycles. The van der Waals surface area contributed by atoms with Gasteiger partial charge in [0.1, 0.15) is 5.69 Å². The molecule has 0 aromatic carbocycles. The van der Waals surface area contributed by atoms with E-state index in [1.54, 1.807) is 0 Å². The van der Waals surface area contributed by atoms with Gasteiger partial charge in [-0.15, -0.1) is 0 Å². The lowest BCUT2D eigenvalue weighted by Gasteiger charge is -1.97. The first-order chi connectivity index (χ1) is 5.52. The summed E-state index contributed by atoms with van der Waals surface area (Å²) in [6, 6.07) is 1.09. The molecule has 12 heavy (non-hydrogen) atoms. The molecule has 64 valence electrons. The van der Waals surface area contributed by atoms with E-state index in [2.05, 4.69) is 20.9 Å². The molecule has 0 saturated heterocycles. The van der Waals surface area contributed by atoms with Gasteiger partial charge in [0.05, 0.1) is 9.40 Å². The van der Waals surface area contributed by atoms with Crippen LogP contribution in [0.2, 0.25) is 0 Å². The van der Waals surface area contributed by atoms with Crippen LogP contribution in [0.5, 0.6) is 0 Å². The van der Waals surface area contributed by atoms with E-state index >= 15 is 0 Å². The minimum Gasteiger partial charge on any atom is -0.258 e.